The number of nitrogens with one attached hydrogen (secondary N) is 1. The lowest BCUT2D eigenvalue weighted by Crippen LogP contribution is -2.28. The van der Waals surface area contributed by atoms with Gasteiger partial charge in [-0.1, -0.05) is 12.2 Å². The predicted molar refractivity (Wildman–Crippen MR) is 101 cm³/mol. The molecule has 8 nitrogen and oxygen atoms in total. The summed E-state index contributed by atoms with van der Waals surface area (Å²) in [7, 11) is -3.57. The van der Waals surface area contributed by atoms with Crippen LogP contribution < -0.4 is 10.2 Å². The number of benzene rings is 1. The van der Waals surface area contributed by atoms with E-state index in [0.717, 1.165) is 5.56 Å². The predicted octanol–water partition coefficient (Wildman–Crippen LogP) is 3.33. The van der Waals surface area contributed by atoms with Crippen LogP contribution in [0, 0.1) is 17.4 Å². The van der Waals surface area contributed by atoms with E-state index < -0.39 is 20.2 Å². The molecule has 2 aromatic rings. The van der Waals surface area contributed by atoms with Crippen molar-refractivity contribution >= 4 is 20.4 Å². The van der Waals surface area contributed by atoms with Gasteiger partial charge in [0.05, 0.1) is 6.10 Å². The lowest BCUT2D eigenvalue weighted by molar-refractivity contribution is -0.0302. The van der Waals surface area contributed by atoms with Crippen LogP contribution in [0.5, 0.6) is 5.75 Å². The van der Waals surface area contributed by atoms with E-state index in [1.807, 2.05) is 6.92 Å². The van der Waals surface area contributed by atoms with Gasteiger partial charge in [0, 0.05) is 17.3 Å². The molecule has 0 spiro atoms. The van der Waals surface area contributed by atoms with Crippen LogP contribution in [0.3, 0.4) is 0 Å². The summed E-state index contributed by atoms with van der Waals surface area (Å²) in [6.45, 7) is 1.84. The van der Waals surface area contributed by atoms with Crippen molar-refractivity contribution in [2.45, 2.75) is 38.7 Å². The molecule has 0 aliphatic carbocycles. The van der Waals surface area contributed by atoms with Gasteiger partial charge in [0.1, 0.15) is 29.9 Å². The van der Waals surface area contributed by atoms with Crippen LogP contribution >= 0.6 is 20.4 Å². The molecule has 1 aromatic heterocycles. The number of aromatic nitrogens is 2. The maximum absolute atomic E-state index is 13.2. The molecule has 4 rings (SSSR count). The molecule has 0 amide bonds. The average Bonchev–Trinajstić information content (AvgIpc) is 3.12. The normalized spacial score (nSPS) is 26.7. The Hall–Kier alpha value is -1.68. The van der Waals surface area contributed by atoms with E-state index in [2.05, 4.69) is 4.98 Å². The average molecular weight is 429 g/mol. The monoisotopic (exact) mass is 429 g/mol. The largest absolute Gasteiger partial charge is 0.619 e. The first-order valence-corrected chi connectivity index (χ1v) is 10.6. The summed E-state index contributed by atoms with van der Waals surface area (Å²) < 4.78 is 37.2. The second-order valence-corrected chi connectivity index (χ2v) is 8.69. The number of nitrogens with zero attached hydrogens (tertiary/aromatic N) is 1. The van der Waals surface area contributed by atoms with E-state index in [9.17, 15) is 14.1 Å². The third-order valence-corrected chi connectivity index (χ3v) is 6.37. The molecule has 11 heteroatoms. The third-order valence-electron chi connectivity index (χ3n) is 4.58. The zero-order valence-corrected chi connectivity index (χ0v) is 16.7. The van der Waals surface area contributed by atoms with Gasteiger partial charge in [-0.05, 0) is 38.0 Å². The number of aryl methyl sites for hydroxylation is 1. The van der Waals surface area contributed by atoms with Crippen LogP contribution in [0.1, 0.15) is 30.2 Å². The lowest BCUT2D eigenvalue weighted by Gasteiger charge is -2.22. The standard InChI is InChI=1S/C17H18FN2O6PS/c1-10-7-20(17(21)19-16(10)28)15-5-3-13(25-15)9-24-27(22)23-8-11-6-12(18)2-4-14(11)26-27/h2,4,6-7,13,15,22H,3,5,8-9H2,1H3/p+1. The van der Waals surface area contributed by atoms with E-state index in [1.165, 1.54) is 22.8 Å². The topological polar surface area (TPSA) is 94.9 Å². The van der Waals surface area contributed by atoms with Gasteiger partial charge in [0.25, 0.3) is 0 Å². The second-order valence-electron chi connectivity index (χ2n) is 6.65. The molecule has 150 valence electrons. The SMILES string of the molecule is Cc1cn(C2CCC(CO[P+]3(O)OCc4cc(F)ccc4O3)O2)c(=O)[nH]c1=S. The minimum absolute atomic E-state index is 0.0105. The molecule has 0 bridgehead atoms. The maximum Gasteiger partial charge on any atom is 0.619 e. The number of hydrogen-bond donors (Lipinski definition) is 2. The van der Waals surface area contributed by atoms with Crippen LogP contribution in [0.4, 0.5) is 4.39 Å². The van der Waals surface area contributed by atoms with Crippen molar-refractivity contribution < 1.29 is 27.6 Å². The summed E-state index contributed by atoms with van der Waals surface area (Å²) in [4.78, 5) is 25.2. The lowest BCUT2D eigenvalue weighted by atomic mass is 10.2. The number of fused-ring (bicyclic) bond motifs is 1. The van der Waals surface area contributed by atoms with Gasteiger partial charge in [-0.3, -0.25) is 14.1 Å². The highest BCUT2D eigenvalue weighted by Gasteiger charge is 2.51. The second kappa shape index (κ2) is 7.62. The van der Waals surface area contributed by atoms with Crippen molar-refractivity contribution in [3.63, 3.8) is 0 Å². The van der Waals surface area contributed by atoms with E-state index >= 15 is 0 Å². The number of rotatable bonds is 4. The number of H-pyrrole nitrogens is 1. The number of halogens is 1. The molecule has 3 unspecified atom stereocenters. The fourth-order valence-electron chi connectivity index (χ4n) is 3.11. The summed E-state index contributed by atoms with van der Waals surface area (Å²) in [6, 6.07) is 3.95. The smallest absolute Gasteiger partial charge is 0.352 e. The van der Waals surface area contributed by atoms with E-state index in [4.69, 9.17) is 30.5 Å². The summed E-state index contributed by atoms with van der Waals surface area (Å²) in [5.74, 6) is -0.0805. The molecule has 2 aliphatic rings. The van der Waals surface area contributed by atoms with Crippen molar-refractivity contribution in [1.29, 1.82) is 0 Å². The maximum atomic E-state index is 13.2. The molecule has 1 saturated heterocycles. The zero-order chi connectivity index (χ0) is 19.9. The zero-order valence-electron chi connectivity index (χ0n) is 15.0. The Morgan fingerprint density at radius 1 is 1.46 bits per heavy atom. The molecule has 1 aromatic carbocycles. The summed E-state index contributed by atoms with van der Waals surface area (Å²) in [6.07, 6.45) is 2.12. The quantitative estimate of drug-likeness (QED) is 0.569. The molecule has 2 N–H and O–H groups in total. The van der Waals surface area contributed by atoms with E-state index in [1.54, 1.807) is 6.20 Å². The van der Waals surface area contributed by atoms with Crippen molar-refractivity contribution in [1.82, 2.24) is 9.55 Å². The third kappa shape index (κ3) is 4.03. The van der Waals surface area contributed by atoms with Gasteiger partial charge in [-0.15, -0.1) is 9.05 Å². The van der Waals surface area contributed by atoms with E-state index in [-0.39, 0.29) is 25.0 Å². The Labute approximate surface area is 165 Å². The fraction of sp³-hybridized carbons (Fsp3) is 0.412. The Morgan fingerprint density at radius 3 is 3.11 bits per heavy atom. The Balaban J connectivity index is 1.38. The van der Waals surface area contributed by atoms with Crippen molar-refractivity contribution in [2.24, 2.45) is 0 Å². The minimum atomic E-state index is -3.57. The van der Waals surface area contributed by atoms with Crippen LogP contribution in [0.15, 0.2) is 29.2 Å². The molecular weight excluding hydrogens is 410 g/mol. The molecule has 2 aliphatic heterocycles. The number of ether oxygens (including phenoxy) is 1. The van der Waals surface area contributed by atoms with Gasteiger partial charge >= 0.3 is 13.9 Å². The molecule has 3 atom stereocenters. The van der Waals surface area contributed by atoms with Gasteiger partial charge < -0.3 is 4.74 Å². The summed E-state index contributed by atoms with van der Waals surface area (Å²) in [5.41, 5.74) is 0.940. The first kappa shape index (κ1) is 19.6. The number of hydrogen-bond acceptors (Lipinski definition) is 7. The molecule has 3 heterocycles. The van der Waals surface area contributed by atoms with Crippen molar-refractivity contribution in [2.75, 3.05) is 6.61 Å². The van der Waals surface area contributed by atoms with Gasteiger partial charge in [0.2, 0.25) is 0 Å². The highest BCUT2D eigenvalue weighted by Crippen LogP contribution is 2.61. The Bertz CT molecular complexity index is 1010. The first-order chi connectivity index (χ1) is 13.3. The van der Waals surface area contributed by atoms with Crippen LogP contribution in [-0.4, -0.2) is 27.2 Å². The van der Waals surface area contributed by atoms with Crippen LogP contribution in [0.2, 0.25) is 0 Å². The van der Waals surface area contributed by atoms with Crippen LogP contribution in [-0.2, 0) is 20.4 Å². The van der Waals surface area contributed by atoms with Gasteiger partial charge in [-0.25, -0.2) is 9.18 Å². The highest BCUT2D eigenvalue weighted by atomic mass is 32.1. The molecule has 28 heavy (non-hydrogen) atoms. The minimum Gasteiger partial charge on any atom is -0.352 e. The summed E-state index contributed by atoms with van der Waals surface area (Å²) >= 11 is 5.06. The Morgan fingerprint density at radius 2 is 2.29 bits per heavy atom. The molecule has 1 fully saturated rings. The fourth-order valence-corrected chi connectivity index (χ4v) is 4.51. The van der Waals surface area contributed by atoms with Crippen LogP contribution in [0.25, 0.3) is 0 Å². The first-order valence-electron chi connectivity index (χ1n) is 8.69. The summed E-state index contributed by atoms with van der Waals surface area (Å²) in [5, 5.41) is 0. The van der Waals surface area contributed by atoms with Gasteiger partial charge in [-0.2, -0.15) is 4.89 Å². The van der Waals surface area contributed by atoms with Crippen molar-refractivity contribution in [3.8, 4) is 5.75 Å². The van der Waals surface area contributed by atoms with Crippen molar-refractivity contribution in [3.05, 3.63) is 56.5 Å². The highest BCUT2D eigenvalue weighted by molar-refractivity contribution is 7.71. The Kier molecular flexibility index (Phi) is 5.34. The molecule has 0 saturated carbocycles. The number of aromatic amines is 1. The van der Waals surface area contributed by atoms with E-state index in [0.29, 0.717) is 28.8 Å². The molecule has 0 radical (unpaired) electrons. The van der Waals surface area contributed by atoms with Gasteiger partial charge in [0.15, 0.2) is 5.75 Å². The molecular formula is C17H19FN2O6PS+.